The van der Waals surface area contributed by atoms with Crippen LogP contribution in [0, 0.1) is 17.7 Å². The second-order valence-electron chi connectivity index (χ2n) is 10.2. The standard InChI is InChI=1S/C25H38N4/c1-7-18-14-17(2)8-11-21(18)22(26)12-13-23(27)29(19-9-10-19)20-15-24(3,4)28-25(5,6)16-20/h8,11-14,19-20,26-28H,7,9-10,15-16H2,1-6H3/b13-12-,26-22?,27-23?. The van der Waals surface area contributed by atoms with Gasteiger partial charge in [0.1, 0.15) is 5.84 Å². The van der Waals surface area contributed by atoms with E-state index < -0.39 is 0 Å². The maximum atomic E-state index is 8.82. The first-order valence-electron chi connectivity index (χ1n) is 11.0. The van der Waals surface area contributed by atoms with Crippen molar-refractivity contribution in [3.8, 4) is 0 Å². The van der Waals surface area contributed by atoms with E-state index >= 15 is 0 Å². The Morgan fingerprint density at radius 2 is 1.69 bits per heavy atom. The number of amidine groups is 1. The van der Waals surface area contributed by atoms with Gasteiger partial charge in [0.05, 0.1) is 5.71 Å². The van der Waals surface area contributed by atoms with Crippen LogP contribution in [-0.2, 0) is 6.42 Å². The Morgan fingerprint density at radius 3 is 2.24 bits per heavy atom. The average Bonchev–Trinajstić information content (AvgIpc) is 3.41. The lowest BCUT2D eigenvalue weighted by atomic mass is 9.79. The molecule has 4 nitrogen and oxygen atoms in total. The van der Waals surface area contributed by atoms with Crippen molar-refractivity contribution in [2.75, 3.05) is 0 Å². The maximum Gasteiger partial charge on any atom is 0.121 e. The van der Waals surface area contributed by atoms with Gasteiger partial charge in [0.25, 0.3) is 0 Å². The zero-order chi connectivity index (χ0) is 21.4. The molecule has 0 bridgehead atoms. The fourth-order valence-corrected chi connectivity index (χ4v) is 5.13. The summed E-state index contributed by atoms with van der Waals surface area (Å²) >= 11 is 0. The molecule has 1 aliphatic heterocycles. The predicted molar refractivity (Wildman–Crippen MR) is 123 cm³/mol. The zero-order valence-corrected chi connectivity index (χ0v) is 19.0. The van der Waals surface area contributed by atoms with Gasteiger partial charge in [0.15, 0.2) is 0 Å². The van der Waals surface area contributed by atoms with Crippen LogP contribution in [0.25, 0.3) is 0 Å². The maximum absolute atomic E-state index is 8.82. The molecule has 3 rings (SSSR count). The lowest BCUT2D eigenvalue weighted by molar-refractivity contribution is 0.100. The van der Waals surface area contributed by atoms with Gasteiger partial charge in [0.2, 0.25) is 0 Å². The molecule has 0 aromatic heterocycles. The molecule has 0 amide bonds. The van der Waals surface area contributed by atoms with E-state index in [0.717, 1.165) is 24.8 Å². The van der Waals surface area contributed by atoms with E-state index in [9.17, 15) is 0 Å². The second-order valence-corrected chi connectivity index (χ2v) is 10.2. The minimum absolute atomic E-state index is 0.0637. The lowest BCUT2D eigenvalue weighted by Crippen LogP contribution is -2.63. The van der Waals surface area contributed by atoms with Crippen LogP contribution < -0.4 is 5.32 Å². The van der Waals surface area contributed by atoms with Gasteiger partial charge in [-0.25, -0.2) is 0 Å². The van der Waals surface area contributed by atoms with Crippen molar-refractivity contribution >= 4 is 11.5 Å². The average molecular weight is 395 g/mol. The number of piperidine rings is 1. The number of rotatable bonds is 6. The molecular weight excluding hydrogens is 356 g/mol. The van der Waals surface area contributed by atoms with Crippen LogP contribution in [-0.4, -0.2) is 39.6 Å². The van der Waals surface area contributed by atoms with Crippen LogP contribution >= 0.6 is 0 Å². The Bertz CT molecular complexity index is 798. The summed E-state index contributed by atoms with van der Waals surface area (Å²) in [6, 6.07) is 7.13. The van der Waals surface area contributed by atoms with Crippen molar-refractivity contribution in [2.24, 2.45) is 0 Å². The molecule has 1 saturated carbocycles. The molecule has 1 saturated heterocycles. The number of nitrogens with zero attached hydrogens (tertiary/aromatic N) is 1. The smallest absolute Gasteiger partial charge is 0.121 e. The number of aryl methyl sites for hydroxylation is 2. The topological polar surface area (TPSA) is 63.0 Å². The molecule has 158 valence electrons. The number of benzene rings is 1. The molecule has 0 radical (unpaired) electrons. The monoisotopic (exact) mass is 394 g/mol. The summed E-state index contributed by atoms with van der Waals surface area (Å²) in [7, 11) is 0. The highest BCUT2D eigenvalue weighted by Crippen LogP contribution is 2.37. The Morgan fingerprint density at radius 1 is 1.07 bits per heavy atom. The molecule has 29 heavy (non-hydrogen) atoms. The van der Waals surface area contributed by atoms with Crippen LogP contribution in [0.15, 0.2) is 30.4 Å². The Balaban J connectivity index is 1.78. The van der Waals surface area contributed by atoms with Gasteiger partial charge in [-0.05, 0) is 84.4 Å². The van der Waals surface area contributed by atoms with E-state index in [2.05, 4.69) is 63.9 Å². The Kier molecular flexibility index (Phi) is 6.05. The molecule has 1 aliphatic carbocycles. The van der Waals surface area contributed by atoms with Crippen molar-refractivity contribution in [3.05, 3.63) is 47.0 Å². The van der Waals surface area contributed by atoms with Crippen molar-refractivity contribution in [3.63, 3.8) is 0 Å². The van der Waals surface area contributed by atoms with Crippen LogP contribution in [0.5, 0.6) is 0 Å². The van der Waals surface area contributed by atoms with E-state index in [4.69, 9.17) is 10.8 Å². The zero-order valence-electron chi connectivity index (χ0n) is 19.0. The predicted octanol–water partition coefficient (Wildman–Crippen LogP) is 5.23. The van der Waals surface area contributed by atoms with Crippen LogP contribution in [0.2, 0.25) is 0 Å². The van der Waals surface area contributed by atoms with Crippen LogP contribution in [0.1, 0.15) is 77.0 Å². The molecule has 4 heteroatoms. The molecule has 0 spiro atoms. The van der Waals surface area contributed by atoms with E-state index in [1.165, 1.54) is 24.0 Å². The van der Waals surface area contributed by atoms with Gasteiger partial charge < -0.3 is 15.6 Å². The van der Waals surface area contributed by atoms with Gasteiger partial charge in [-0.3, -0.25) is 5.41 Å². The van der Waals surface area contributed by atoms with Gasteiger partial charge in [0, 0.05) is 28.7 Å². The Labute approximate surface area is 176 Å². The normalized spacial score (nSPS) is 21.3. The van der Waals surface area contributed by atoms with Gasteiger partial charge in [-0.2, -0.15) is 0 Å². The number of allylic oxidation sites excluding steroid dienone is 1. The van der Waals surface area contributed by atoms with E-state index in [0.29, 0.717) is 23.6 Å². The van der Waals surface area contributed by atoms with E-state index in [1.807, 2.05) is 18.2 Å². The minimum Gasteiger partial charge on any atom is -0.351 e. The summed E-state index contributed by atoms with van der Waals surface area (Å²) in [6.45, 7) is 13.3. The molecule has 0 unspecified atom stereocenters. The fraction of sp³-hybridized carbons (Fsp3) is 0.600. The first-order valence-corrected chi connectivity index (χ1v) is 11.0. The highest BCUT2D eigenvalue weighted by Gasteiger charge is 2.44. The summed E-state index contributed by atoms with van der Waals surface area (Å²) in [6.07, 6.45) is 9.02. The fourth-order valence-electron chi connectivity index (χ4n) is 5.13. The number of nitrogens with one attached hydrogen (secondary N) is 3. The molecule has 3 N–H and O–H groups in total. The third kappa shape index (κ3) is 5.36. The molecular formula is C25H38N4. The first kappa shape index (κ1) is 21.8. The molecule has 1 aromatic carbocycles. The van der Waals surface area contributed by atoms with E-state index in [1.54, 1.807) is 0 Å². The quantitative estimate of drug-likeness (QED) is 0.457. The number of hydrogen-bond acceptors (Lipinski definition) is 3. The van der Waals surface area contributed by atoms with Crippen molar-refractivity contribution < 1.29 is 0 Å². The molecule has 1 heterocycles. The first-order chi connectivity index (χ1) is 13.5. The SMILES string of the molecule is CCc1cc(C)ccc1C(=N)/C=C\C(=N)N(C1CC1)C1CC(C)(C)NC(C)(C)C1. The van der Waals surface area contributed by atoms with Crippen LogP contribution in [0.4, 0.5) is 0 Å². The van der Waals surface area contributed by atoms with Gasteiger partial charge >= 0.3 is 0 Å². The summed E-state index contributed by atoms with van der Waals surface area (Å²) in [5.41, 5.74) is 4.03. The number of hydrogen-bond donors (Lipinski definition) is 3. The molecule has 0 atom stereocenters. The van der Waals surface area contributed by atoms with Crippen molar-refractivity contribution in [2.45, 2.75) is 96.8 Å². The second kappa shape index (κ2) is 8.06. The lowest BCUT2D eigenvalue weighted by Gasteiger charge is -2.50. The highest BCUT2D eigenvalue weighted by atomic mass is 15.3. The highest BCUT2D eigenvalue weighted by molar-refractivity contribution is 6.10. The summed E-state index contributed by atoms with van der Waals surface area (Å²) in [5.74, 6) is 0.556. The third-order valence-corrected chi connectivity index (χ3v) is 6.12. The summed E-state index contributed by atoms with van der Waals surface area (Å²) in [5, 5.41) is 21.1. The van der Waals surface area contributed by atoms with Gasteiger partial charge in [-0.15, -0.1) is 0 Å². The van der Waals surface area contributed by atoms with Gasteiger partial charge in [-0.1, -0.05) is 30.7 Å². The largest absolute Gasteiger partial charge is 0.351 e. The molecule has 2 fully saturated rings. The van der Waals surface area contributed by atoms with E-state index in [-0.39, 0.29) is 11.1 Å². The van der Waals surface area contributed by atoms with Crippen molar-refractivity contribution in [1.29, 1.82) is 10.8 Å². The summed E-state index contributed by atoms with van der Waals surface area (Å²) in [4.78, 5) is 2.34. The summed E-state index contributed by atoms with van der Waals surface area (Å²) < 4.78 is 0. The third-order valence-electron chi connectivity index (χ3n) is 6.12. The molecule has 2 aliphatic rings. The minimum atomic E-state index is 0.0637. The van der Waals surface area contributed by atoms with Crippen molar-refractivity contribution in [1.82, 2.24) is 10.2 Å². The van der Waals surface area contributed by atoms with Crippen LogP contribution in [0.3, 0.4) is 0 Å². The Hall–Kier alpha value is -1.94. The molecule has 1 aromatic rings.